The van der Waals surface area contributed by atoms with E-state index in [1.54, 1.807) is 0 Å². The molecule has 50 heavy (non-hydrogen) atoms. The lowest BCUT2D eigenvalue weighted by Gasteiger charge is -2.18. The zero-order valence-electron chi connectivity index (χ0n) is 34.2. The molecule has 0 spiro atoms. The maximum absolute atomic E-state index is 12.5. The minimum atomic E-state index is -0.519. The first-order chi connectivity index (χ1) is 24.6. The first-order valence-electron chi connectivity index (χ1n) is 22.6. The van der Waals surface area contributed by atoms with E-state index >= 15 is 0 Å². The second-order valence-corrected chi connectivity index (χ2v) is 15.3. The summed E-state index contributed by atoms with van der Waals surface area (Å²) in [5.41, 5.74) is 0. The highest BCUT2D eigenvalue weighted by atomic mass is 16.6. The quantitative estimate of drug-likeness (QED) is 0.0466. The molecule has 0 fully saturated rings. The smallest absolute Gasteiger partial charge is 0.306 e. The van der Waals surface area contributed by atoms with Crippen molar-refractivity contribution in [2.45, 2.75) is 258 Å². The standard InChI is InChI=1S/C45H88O5/c1-4-7-10-13-15-17-19-21-22-23-25-27-29-31-34-37-40-48-41-43(50-45(47)39-36-32-12-9-6-3)42-49-44(46)38-35-33-30-28-26-24-20-18-16-14-11-8-5-2/h43H,4-42H2,1-3H3. The van der Waals surface area contributed by atoms with E-state index in [4.69, 9.17) is 14.2 Å². The summed E-state index contributed by atoms with van der Waals surface area (Å²) < 4.78 is 17.2. The van der Waals surface area contributed by atoms with E-state index in [0.717, 1.165) is 38.5 Å². The van der Waals surface area contributed by atoms with Crippen LogP contribution in [-0.4, -0.2) is 37.9 Å². The maximum atomic E-state index is 12.5. The lowest BCUT2D eigenvalue weighted by atomic mass is 10.0. The van der Waals surface area contributed by atoms with Crippen LogP contribution >= 0.6 is 0 Å². The fourth-order valence-electron chi connectivity index (χ4n) is 6.75. The van der Waals surface area contributed by atoms with Crippen molar-refractivity contribution in [2.24, 2.45) is 0 Å². The number of carbonyl (C=O) groups is 2. The highest BCUT2D eigenvalue weighted by molar-refractivity contribution is 5.70. The van der Waals surface area contributed by atoms with E-state index < -0.39 is 6.10 Å². The average Bonchev–Trinajstić information content (AvgIpc) is 3.11. The van der Waals surface area contributed by atoms with Gasteiger partial charge in [-0.05, 0) is 19.3 Å². The van der Waals surface area contributed by atoms with Crippen molar-refractivity contribution in [3.05, 3.63) is 0 Å². The number of unbranched alkanes of at least 4 members (excludes halogenated alkanes) is 31. The highest BCUT2D eigenvalue weighted by Crippen LogP contribution is 2.15. The molecule has 0 bridgehead atoms. The zero-order valence-corrected chi connectivity index (χ0v) is 34.2. The molecule has 0 radical (unpaired) electrons. The molecule has 298 valence electrons. The summed E-state index contributed by atoms with van der Waals surface area (Å²) in [6, 6.07) is 0. The van der Waals surface area contributed by atoms with Gasteiger partial charge in [-0.15, -0.1) is 0 Å². The SMILES string of the molecule is CCCCCCCCCCCCCCCCCCOCC(COC(=O)CCCCCCCCCCCCCCC)OC(=O)CCCCCCC. The molecule has 1 unspecified atom stereocenters. The van der Waals surface area contributed by atoms with E-state index in [-0.39, 0.29) is 18.5 Å². The van der Waals surface area contributed by atoms with Gasteiger partial charge in [0.2, 0.25) is 0 Å². The van der Waals surface area contributed by atoms with Crippen molar-refractivity contribution in [2.75, 3.05) is 19.8 Å². The maximum Gasteiger partial charge on any atom is 0.306 e. The Balaban J connectivity index is 4.00. The van der Waals surface area contributed by atoms with Crippen LogP contribution in [0.1, 0.15) is 252 Å². The third kappa shape index (κ3) is 39.7. The molecule has 0 aromatic rings. The van der Waals surface area contributed by atoms with Crippen molar-refractivity contribution in [3.63, 3.8) is 0 Å². The van der Waals surface area contributed by atoms with E-state index in [9.17, 15) is 9.59 Å². The Hall–Kier alpha value is -1.10. The second-order valence-electron chi connectivity index (χ2n) is 15.3. The van der Waals surface area contributed by atoms with Crippen molar-refractivity contribution in [3.8, 4) is 0 Å². The van der Waals surface area contributed by atoms with Gasteiger partial charge in [0.05, 0.1) is 6.61 Å². The van der Waals surface area contributed by atoms with Gasteiger partial charge in [-0.3, -0.25) is 9.59 Å². The third-order valence-corrected chi connectivity index (χ3v) is 10.1. The van der Waals surface area contributed by atoms with Gasteiger partial charge in [-0.2, -0.15) is 0 Å². The summed E-state index contributed by atoms with van der Waals surface area (Å²) >= 11 is 0. The normalized spacial score (nSPS) is 12.0. The molecule has 1 atom stereocenters. The molecule has 0 aromatic carbocycles. The molecule has 0 rings (SSSR count). The highest BCUT2D eigenvalue weighted by Gasteiger charge is 2.17. The Labute approximate surface area is 312 Å². The Morgan fingerprint density at radius 1 is 0.360 bits per heavy atom. The van der Waals surface area contributed by atoms with Gasteiger partial charge in [-0.1, -0.05) is 220 Å². The second kappa shape index (κ2) is 42.3. The number of ether oxygens (including phenoxy) is 3. The molecule has 5 heteroatoms. The molecular weight excluding hydrogens is 620 g/mol. The van der Waals surface area contributed by atoms with Crippen LogP contribution in [0.5, 0.6) is 0 Å². The van der Waals surface area contributed by atoms with Crippen molar-refractivity contribution in [1.29, 1.82) is 0 Å². The molecule has 0 saturated carbocycles. The van der Waals surface area contributed by atoms with Gasteiger partial charge in [0.25, 0.3) is 0 Å². The first-order valence-corrected chi connectivity index (χ1v) is 22.6. The van der Waals surface area contributed by atoms with Crippen molar-refractivity contribution in [1.82, 2.24) is 0 Å². The van der Waals surface area contributed by atoms with Gasteiger partial charge in [-0.25, -0.2) is 0 Å². The van der Waals surface area contributed by atoms with Gasteiger partial charge >= 0.3 is 11.9 Å². The zero-order chi connectivity index (χ0) is 36.4. The monoisotopic (exact) mass is 709 g/mol. The lowest BCUT2D eigenvalue weighted by Crippen LogP contribution is -2.30. The van der Waals surface area contributed by atoms with E-state index in [1.165, 1.54) is 180 Å². The molecule has 0 amide bonds. The molecular formula is C45H88O5. The average molecular weight is 709 g/mol. The van der Waals surface area contributed by atoms with Gasteiger partial charge in [0.15, 0.2) is 6.10 Å². The van der Waals surface area contributed by atoms with Crippen LogP contribution in [0.25, 0.3) is 0 Å². The number of esters is 2. The largest absolute Gasteiger partial charge is 0.462 e. The minimum Gasteiger partial charge on any atom is -0.462 e. The first kappa shape index (κ1) is 48.9. The van der Waals surface area contributed by atoms with Gasteiger partial charge in [0.1, 0.15) is 6.61 Å². The topological polar surface area (TPSA) is 61.8 Å². The fraction of sp³-hybridized carbons (Fsp3) is 0.956. The third-order valence-electron chi connectivity index (χ3n) is 10.1. The van der Waals surface area contributed by atoms with Crippen LogP contribution in [0, 0.1) is 0 Å². The van der Waals surface area contributed by atoms with Crippen LogP contribution in [0.2, 0.25) is 0 Å². The summed E-state index contributed by atoms with van der Waals surface area (Å²) in [5.74, 6) is -0.392. The number of hydrogen-bond donors (Lipinski definition) is 0. The van der Waals surface area contributed by atoms with Crippen LogP contribution in [-0.2, 0) is 23.8 Å². The summed E-state index contributed by atoms with van der Waals surface area (Å²) in [4.78, 5) is 25.0. The van der Waals surface area contributed by atoms with E-state index in [2.05, 4.69) is 20.8 Å². The number of rotatable bonds is 42. The van der Waals surface area contributed by atoms with Gasteiger partial charge in [0, 0.05) is 19.4 Å². The van der Waals surface area contributed by atoms with Crippen molar-refractivity contribution < 1.29 is 23.8 Å². The van der Waals surface area contributed by atoms with Crippen LogP contribution in [0.3, 0.4) is 0 Å². The summed E-state index contributed by atoms with van der Waals surface area (Å²) in [6.07, 6.45) is 44.1. The number of hydrogen-bond acceptors (Lipinski definition) is 5. The molecule has 0 aliphatic heterocycles. The van der Waals surface area contributed by atoms with E-state index in [0.29, 0.717) is 26.1 Å². The predicted molar refractivity (Wildman–Crippen MR) is 215 cm³/mol. The number of carbonyl (C=O) groups excluding carboxylic acids is 2. The molecule has 0 N–H and O–H groups in total. The molecule has 0 aliphatic carbocycles. The summed E-state index contributed by atoms with van der Waals surface area (Å²) in [5, 5.41) is 0. The van der Waals surface area contributed by atoms with E-state index in [1.807, 2.05) is 0 Å². The molecule has 0 saturated heterocycles. The van der Waals surface area contributed by atoms with Crippen LogP contribution in [0.15, 0.2) is 0 Å². The minimum absolute atomic E-state index is 0.0951. The molecule has 0 aromatic heterocycles. The fourth-order valence-corrected chi connectivity index (χ4v) is 6.75. The molecule has 0 heterocycles. The Morgan fingerprint density at radius 2 is 0.660 bits per heavy atom. The summed E-state index contributed by atoms with van der Waals surface area (Å²) in [7, 11) is 0. The Kier molecular flexibility index (Phi) is 41.4. The predicted octanol–water partition coefficient (Wildman–Crippen LogP) is 14.6. The van der Waals surface area contributed by atoms with Crippen LogP contribution in [0.4, 0.5) is 0 Å². The van der Waals surface area contributed by atoms with Gasteiger partial charge < -0.3 is 14.2 Å². The summed E-state index contributed by atoms with van der Waals surface area (Å²) in [6.45, 7) is 7.81. The van der Waals surface area contributed by atoms with Crippen molar-refractivity contribution >= 4 is 11.9 Å². The lowest BCUT2D eigenvalue weighted by molar-refractivity contribution is -0.163. The molecule has 5 nitrogen and oxygen atoms in total. The van der Waals surface area contributed by atoms with Crippen LogP contribution < -0.4 is 0 Å². The Morgan fingerprint density at radius 3 is 1.02 bits per heavy atom. The Bertz CT molecular complexity index is 680. The molecule has 0 aliphatic rings.